The molecule has 6 heteroatoms. The fourth-order valence-corrected chi connectivity index (χ4v) is 4.10. The molecule has 5 nitrogen and oxygen atoms in total. The molecule has 1 aromatic carbocycles. The number of nitrogens with two attached hydrogens (primary N) is 1. The van der Waals surface area contributed by atoms with Crippen molar-refractivity contribution >= 4 is 23.2 Å². The maximum Gasteiger partial charge on any atom is 0.227 e. The molecule has 0 unspecified atom stereocenters. The van der Waals surface area contributed by atoms with Crippen LogP contribution in [-0.4, -0.2) is 36.4 Å². The molecule has 2 N–H and O–H groups in total. The van der Waals surface area contributed by atoms with Crippen LogP contribution in [0, 0.1) is 5.41 Å². The lowest BCUT2D eigenvalue weighted by Gasteiger charge is -2.41. The van der Waals surface area contributed by atoms with Crippen molar-refractivity contribution in [2.24, 2.45) is 11.1 Å². The van der Waals surface area contributed by atoms with Crippen molar-refractivity contribution in [3.05, 3.63) is 52.7 Å². The first kappa shape index (κ1) is 18.5. The van der Waals surface area contributed by atoms with Crippen molar-refractivity contribution in [1.29, 1.82) is 0 Å². The minimum absolute atomic E-state index is 0.143. The molecular formula is C20H24N2O3S. The van der Waals surface area contributed by atoms with Crippen LogP contribution in [0.4, 0.5) is 0 Å². The number of para-hydroxylation sites is 1. The molecule has 2 amide bonds. The molecule has 1 fully saturated rings. The van der Waals surface area contributed by atoms with Gasteiger partial charge in [0.2, 0.25) is 11.8 Å². The zero-order valence-corrected chi connectivity index (χ0v) is 15.5. The van der Waals surface area contributed by atoms with E-state index >= 15 is 0 Å². The Morgan fingerprint density at radius 2 is 1.85 bits per heavy atom. The second-order valence-electron chi connectivity index (χ2n) is 6.88. The van der Waals surface area contributed by atoms with Crippen LogP contribution in [0.15, 0.2) is 47.8 Å². The zero-order valence-electron chi connectivity index (χ0n) is 14.7. The Bertz CT molecular complexity index is 723. The first-order valence-electron chi connectivity index (χ1n) is 8.83. The third kappa shape index (κ3) is 4.85. The minimum atomic E-state index is -0.319. The van der Waals surface area contributed by atoms with Crippen LogP contribution in [0.2, 0.25) is 0 Å². The average molecular weight is 372 g/mol. The van der Waals surface area contributed by atoms with Gasteiger partial charge in [0.1, 0.15) is 5.75 Å². The van der Waals surface area contributed by atoms with Crippen LogP contribution in [0.5, 0.6) is 5.75 Å². The van der Waals surface area contributed by atoms with Crippen LogP contribution in [0.3, 0.4) is 0 Å². The van der Waals surface area contributed by atoms with Gasteiger partial charge in [-0.25, -0.2) is 0 Å². The van der Waals surface area contributed by atoms with Gasteiger partial charge in [-0.3, -0.25) is 9.59 Å². The van der Waals surface area contributed by atoms with Gasteiger partial charge in [-0.1, -0.05) is 24.3 Å². The Hall–Kier alpha value is -2.34. The number of nitrogens with zero attached hydrogens (tertiary/aromatic N) is 1. The van der Waals surface area contributed by atoms with Crippen molar-refractivity contribution in [3.8, 4) is 5.75 Å². The standard InChI is InChI=1S/C20H24N2O3S/c21-18(23)14-20(15-25-16-5-2-1-3-6-16)8-10-22(11-9-20)19(24)13-17-7-4-12-26-17/h1-7,12H,8-11,13-15H2,(H2,21,23). The van der Waals surface area contributed by atoms with Gasteiger partial charge in [-0.05, 0) is 36.4 Å². The fourth-order valence-electron chi connectivity index (χ4n) is 3.40. The molecule has 0 saturated carbocycles. The lowest BCUT2D eigenvalue weighted by molar-refractivity contribution is -0.133. The molecule has 26 heavy (non-hydrogen) atoms. The monoisotopic (exact) mass is 372 g/mol. The van der Waals surface area contributed by atoms with Gasteiger partial charge in [0.15, 0.2) is 0 Å². The molecule has 2 aromatic rings. The second kappa shape index (κ2) is 8.36. The number of carbonyl (C=O) groups is 2. The summed E-state index contributed by atoms with van der Waals surface area (Å²) < 4.78 is 5.92. The summed E-state index contributed by atoms with van der Waals surface area (Å²) in [4.78, 5) is 27.1. The van der Waals surface area contributed by atoms with Gasteiger partial charge >= 0.3 is 0 Å². The minimum Gasteiger partial charge on any atom is -0.493 e. The normalized spacial score (nSPS) is 16.2. The number of thiophene rings is 1. The van der Waals surface area contributed by atoms with Crippen LogP contribution in [0.25, 0.3) is 0 Å². The Morgan fingerprint density at radius 1 is 1.12 bits per heavy atom. The lowest BCUT2D eigenvalue weighted by atomic mass is 9.76. The number of primary amides is 1. The van der Waals surface area contributed by atoms with Gasteiger partial charge in [0.05, 0.1) is 13.0 Å². The molecule has 1 aromatic heterocycles. The van der Waals surface area contributed by atoms with Crippen molar-refractivity contribution < 1.29 is 14.3 Å². The highest BCUT2D eigenvalue weighted by Gasteiger charge is 2.38. The summed E-state index contributed by atoms with van der Waals surface area (Å²) in [5.74, 6) is 0.608. The summed E-state index contributed by atoms with van der Waals surface area (Å²) in [7, 11) is 0. The van der Waals surface area contributed by atoms with Gasteiger partial charge in [-0.15, -0.1) is 11.3 Å². The van der Waals surface area contributed by atoms with Crippen molar-refractivity contribution in [3.63, 3.8) is 0 Å². The van der Waals surface area contributed by atoms with Crippen LogP contribution < -0.4 is 10.5 Å². The van der Waals surface area contributed by atoms with E-state index < -0.39 is 0 Å². The van der Waals surface area contributed by atoms with E-state index in [0.29, 0.717) is 26.1 Å². The number of piperidine rings is 1. The van der Waals surface area contributed by atoms with E-state index in [0.717, 1.165) is 23.5 Å². The first-order chi connectivity index (χ1) is 12.6. The highest BCUT2D eigenvalue weighted by Crippen LogP contribution is 2.36. The number of rotatable bonds is 7. The smallest absolute Gasteiger partial charge is 0.227 e. The predicted octanol–water partition coefficient (Wildman–Crippen LogP) is 2.85. The third-order valence-corrected chi connectivity index (χ3v) is 5.80. The molecule has 0 spiro atoms. The van der Waals surface area contributed by atoms with Crippen LogP contribution in [0.1, 0.15) is 24.1 Å². The Labute approximate surface area is 157 Å². The van der Waals surface area contributed by atoms with Crippen molar-refractivity contribution in [2.45, 2.75) is 25.7 Å². The summed E-state index contributed by atoms with van der Waals surface area (Å²) in [6.45, 7) is 1.71. The number of ether oxygens (including phenoxy) is 1. The Morgan fingerprint density at radius 3 is 2.46 bits per heavy atom. The number of likely N-dealkylation sites (tertiary alicyclic amines) is 1. The summed E-state index contributed by atoms with van der Waals surface area (Å²) in [5.41, 5.74) is 5.18. The average Bonchev–Trinajstić information content (AvgIpc) is 3.14. The SMILES string of the molecule is NC(=O)CC1(COc2ccccc2)CCN(C(=O)Cc2cccs2)CC1. The molecule has 0 bridgehead atoms. The molecule has 138 valence electrons. The lowest BCUT2D eigenvalue weighted by Crippen LogP contribution is -2.47. The highest BCUT2D eigenvalue weighted by molar-refractivity contribution is 7.10. The second-order valence-corrected chi connectivity index (χ2v) is 7.91. The van der Waals surface area contributed by atoms with E-state index in [1.54, 1.807) is 11.3 Å². The number of benzene rings is 1. The van der Waals surface area contributed by atoms with E-state index in [9.17, 15) is 9.59 Å². The Kier molecular flexibility index (Phi) is 5.93. The summed E-state index contributed by atoms with van der Waals surface area (Å²) in [6, 6.07) is 13.5. The third-order valence-electron chi connectivity index (χ3n) is 4.92. The van der Waals surface area contributed by atoms with E-state index in [1.807, 2.05) is 52.7 Å². The van der Waals surface area contributed by atoms with Crippen molar-refractivity contribution in [1.82, 2.24) is 4.90 Å². The van der Waals surface area contributed by atoms with E-state index in [2.05, 4.69) is 0 Å². The molecule has 0 aliphatic carbocycles. The molecule has 1 saturated heterocycles. The van der Waals surface area contributed by atoms with E-state index in [-0.39, 0.29) is 23.7 Å². The maximum absolute atomic E-state index is 12.5. The van der Waals surface area contributed by atoms with Gasteiger partial charge < -0.3 is 15.4 Å². The zero-order chi connectivity index (χ0) is 18.4. The molecule has 1 aliphatic heterocycles. The summed E-state index contributed by atoms with van der Waals surface area (Å²) in [6.07, 6.45) is 2.17. The molecule has 2 heterocycles. The molecule has 0 radical (unpaired) electrons. The van der Waals surface area contributed by atoms with Crippen molar-refractivity contribution in [2.75, 3.05) is 19.7 Å². The highest BCUT2D eigenvalue weighted by atomic mass is 32.1. The van der Waals surface area contributed by atoms with Gasteiger partial charge in [0, 0.05) is 29.8 Å². The molecule has 0 atom stereocenters. The maximum atomic E-state index is 12.5. The number of hydrogen-bond acceptors (Lipinski definition) is 4. The summed E-state index contributed by atoms with van der Waals surface area (Å²) in [5, 5.41) is 1.98. The quantitative estimate of drug-likeness (QED) is 0.812. The largest absolute Gasteiger partial charge is 0.493 e. The van der Waals surface area contributed by atoms with E-state index in [1.165, 1.54) is 0 Å². The van der Waals surface area contributed by atoms with Crippen LogP contribution >= 0.6 is 11.3 Å². The molecule has 1 aliphatic rings. The van der Waals surface area contributed by atoms with Gasteiger partial charge in [0.25, 0.3) is 0 Å². The van der Waals surface area contributed by atoms with Crippen LogP contribution in [-0.2, 0) is 16.0 Å². The topological polar surface area (TPSA) is 72.6 Å². The first-order valence-corrected chi connectivity index (χ1v) is 9.71. The predicted molar refractivity (Wildman–Crippen MR) is 102 cm³/mol. The molecule has 3 rings (SSSR count). The Balaban J connectivity index is 1.59. The summed E-state index contributed by atoms with van der Waals surface area (Å²) >= 11 is 1.60. The number of hydrogen-bond donors (Lipinski definition) is 1. The van der Waals surface area contributed by atoms with E-state index in [4.69, 9.17) is 10.5 Å². The fraction of sp³-hybridized carbons (Fsp3) is 0.400. The van der Waals surface area contributed by atoms with Gasteiger partial charge in [-0.2, -0.15) is 0 Å². The number of amides is 2. The molecular weight excluding hydrogens is 348 g/mol. The number of carbonyl (C=O) groups excluding carboxylic acids is 2.